The molecule has 2 aromatic carbocycles. The van der Waals surface area contributed by atoms with Gasteiger partial charge in [-0.3, -0.25) is 4.99 Å². The van der Waals surface area contributed by atoms with Crippen molar-refractivity contribution in [2.45, 2.75) is 6.92 Å². The van der Waals surface area contributed by atoms with E-state index in [0.29, 0.717) is 17.1 Å². The predicted molar refractivity (Wildman–Crippen MR) is 93.4 cm³/mol. The first-order valence-corrected chi connectivity index (χ1v) is 7.56. The lowest BCUT2D eigenvalue weighted by Crippen LogP contribution is -1.99. The molecule has 0 spiro atoms. The number of benzene rings is 2. The minimum absolute atomic E-state index is 0.229. The number of rotatable bonds is 4. The van der Waals surface area contributed by atoms with Crippen molar-refractivity contribution in [3.8, 4) is 17.4 Å². The van der Waals surface area contributed by atoms with Crippen LogP contribution in [0.3, 0.4) is 0 Å². The zero-order valence-corrected chi connectivity index (χ0v) is 13.8. The van der Waals surface area contributed by atoms with Gasteiger partial charge >= 0.3 is 11.9 Å². The fraction of sp³-hybridized carbons (Fsp3) is 0.105. The molecular formula is C19H16N2O4. The van der Waals surface area contributed by atoms with E-state index < -0.39 is 5.97 Å². The van der Waals surface area contributed by atoms with Crippen LogP contribution in [0.25, 0.3) is 11.5 Å². The summed E-state index contributed by atoms with van der Waals surface area (Å²) in [4.78, 5) is 19.9. The maximum Gasteiger partial charge on any atom is 0.337 e. The van der Waals surface area contributed by atoms with Gasteiger partial charge in [-0.2, -0.15) is 0 Å². The third-order valence-corrected chi connectivity index (χ3v) is 3.56. The fourth-order valence-corrected chi connectivity index (χ4v) is 2.16. The van der Waals surface area contributed by atoms with Crippen molar-refractivity contribution in [3.63, 3.8) is 0 Å². The van der Waals surface area contributed by atoms with Gasteiger partial charge < -0.3 is 14.3 Å². The molecule has 126 valence electrons. The monoisotopic (exact) mass is 336 g/mol. The Balaban J connectivity index is 1.79. The Morgan fingerprint density at radius 3 is 2.48 bits per heavy atom. The van der Waals surface area contributed by atoms with Crippen LogP contribution in [0.1, 0.15) is 21.6 Å². The average molecular weight is 336 g/mol. The molecule has 0 saturated carbocycles. The smallest absolute Gasteiger partial charge is 0.337 e. The molecule has 3 aromatic rings. The van der Waals surface area contributed by atoms with Gasteiger partial charge in [-0.05, 0) is 43.3 Å². The second-order valence-corrected chi connectivity index (χ2v) is 5.37. The maximum atomic E-state index is 11.4. The normalized spacial score (nSPS) is 11.0. The van der Waals surface area contributed by atoms with E-state index in [4.69, 9.17) is 4.42 Å². The van der Waals surface area contributed by atoms with Crippen LogP contribution in [0, 0.1) is 6.92 Å². The lowest BCUT2D eigenvalue weighted by Gasteiger charge is -1.98. The Labute approximate surface area is 144 Å². The van der Waals surface area contributed by atoms with Crippen molar-refractivity contribution >= 4 is 17.9 Å². The van der Waals surface area contributed by atoms with E-state index in [9.17, 15) is 9.90 Å². The van der Waals surface area contributed by atoms with Crippen LogP contribution in [0.4, 0.5) is 5.69 Å². The summed E-state index contributed by atoms with van der Waals surface area (Å²) >= 11 is 0. The zero-order valence-electron chi connectivity index (χ0n) is 13.8. The third-order valence-electron chi connectivity index (χ3n) is 3.56. The van der Waals surface area contributed by atoms with Gasteiger partial charge in [0.2, 0.25) is 5.89 Å². The van der Waals surface area contributed by atoms with E-state index in [1.807, 2.05) is 31.2 Å². The number of aromatic nitrogens is 1. The zero-order chi connectivity index (χ0) is 17.8. The minimum Gasteiger partial charge on any atom is -0.479 e. The van der Waals surface area contributed by atoms with Gasteiger partial charge in [-0.25, -0.2) is 9.78 Å². The molecular weight excluding hydrogens is 320 g/mol. The van der Waals surface area contributed by atoms with Gasteiger partial charge in [-0.1, -0.05) is 17.7 Å². The number of aromatic hydroxyl groups is 1. The molecule has 25 heavy (non-hydrogen) atoms. The highest BCUT2D eigenvalue weighted by molar-refractivity contribution is 5.90. The number of hydrogen-bond acceptors (Lipinski definition) is 6. The highest BCUT2D eigenvalue weighted by Crippen LogP contribution is 2.26. The van der Waals surface area contributed by atoms with E-state index >= 15 is 0 Å². The molecule has 1 heterocycles. The highest BCUT2D eigenvalue weighted by Gasteiger charge is 2.12. The summed E-state index contributed by atoms with van der Waals surface area (Å²) < 4.78 is 9.93. The van der Waals surface area contributed by atoms with Crippen LogP contribution >= 0.6 is 0 Å². The van der Waals surface area contributed by atoms with Crippen LogP contribution in [0.5, 0.6) is 5.95 Å². The molecule has 0 bridgehead atoms. The second kappa shape index (κ2) is 7.00. The largest absolute Gasteiger partial charge is 0.479 e. The summed E-state index contributed by atoms with van der Waals surface area (Å²) in [6, 6.07) is 14.2. The van der Waals surface area contributed by atoms with E-state index in [-0.39, 0.29) is 11.6 Å². The molecule has 0 saturated heterocycles. The van der Waals surface area contributed by atoms with E-state index in [1.165, 1.54) is 13.3 Å². The van der Waals surface area contributed by atoms with Crippen LogP contribution < -0.4 is 0 Å². The topological polar surface area (TPSA) is 84.9 Å². The Morgan fingerprint density at radius 1 is 1.16 bits per heavy atom. The maximum absolute atomic E-state index is 11.4. The number of aliphatic imine (C=N–C) groups is 1. The number of aryl methyl sites for hydroxylation is 1. The number of methoxy groups -OCH3 is 1. The van der Waals surface area contributed by atoms with Crippen LogP contribution in [0.15, 0.2) is 57.9 Å². The Kier molecular flexibility index (Phi) is 4.61. The van der Waals surface area contributed by atoms with Crippen LogP contribution in [-0.2, 0) is 4.74 Å². The van der Waals surface area contributed by atoms with Crippen molar-refractivity contribution in [2.75, 3.05) is 7.11 Å². The second-order valence-electron chi connectivity index (χ2n) is 5.37. The quantitative estimate of drug-likeness (QED) is 0.577. The van der Waals surface area contributed by atoms with Crippen molar-refractivity contribution in [2.24, 2.45) is 4.99 Å². The summed E-state index contributed by atoms with van der Waals surface area (Å²) in [6.07, 6.45) is 1.41. The lowest BCUT2D eigenvalue weighted by molar-refractivity contribution is 0.0601. The first-order valence-electron chi connectivity index (χ1n) is 7.56. The number of carbonyl (C=O) groups excluding carboxylic acids is 1. The number of ether oxygens (including phenoxy) is 1. The summed E-state index contributed by atoms with van der Waals surface area (Å²) in [6.45, 7) is 1.99. The number of hydrogen-bond donors (Lipinski definition) is 1. The summed E-state index contributed by atoms with van der Waals surface area (Å²) in [7, 11) is 1.33. The van der Waals surface area contributed by atoms with Crippen molar-refractivity contribution in [1.29, 1.82) is 0 Å². The van der Waals surface area contributed by atoms with Crippen molar-refractivity contribution in [3.05, 3.63) is 65.4 Å². The highest BCUT2D eigenvalue weighted by atomic mass is 16.5. The number of oxazole rings is 1. The van der Waals surface area contributed by atoms with Gasteiger partial charge in [0.25, 0.3) is 0 Å². The average Bonchev–Trinajstić information content (AvgIpc) is 3.01. The van der Waals surface area contributed by atoms with E-state index in [0.717, 1.165) is 11.1 Å². The van der Waals surface area contributed by atoms with Crippen molar-refractivity contribution < 1.29 is 19.1 Å². The molecule has 0 aliphatic carbocycles. The Hall–Kier alpha value is -3.41. The Morgan fingerprint density at radius 2 is 1.84 bits per heavy atom. The molecule has 0 radical (unpaired) electrons. The van der Waals surface area contributed by atoms with Gasteiger partial charge in [-0.15, -0.1) is 0 Å². The first-order chi connectivity index (χ1) is 12.1. The summed E-state index contributed by atoms with van der Waals surface area (Å²) in [5.41, 5.74) is 3.16. The van der Waals surface area contributed by atoms with Gasteiger partial charge in [0.05, 0.1) is 24.6 Å². The minimum atomic E-state index is -0.410. The standard InChI is InChI=1S/C19H16N2O4/c1-12-3-5-13(6-4-12)17-21-16(19(23)25-17)11-20-15-9-7-14(8-10-15)18(22)24-2/h3-11,23H,1-2H3. The predicted octanol–water partition coefficient (Wildman–Crippen LogP) is 3.89. The molecule has 0 aliphatic heterocycles. The number of nitrogens with zero attached hydrogens (tertiary/aromatic N) is 2. The van der Waals surface area contributed by atoms with Gasteiger partial charge in [0.1, 0.15) is 0 Å². The van der Waals surface area contributed by atoms with Gasteiger partial charge in [0, 0.05) is 5.56 Å². The van der Waals surface area contributed by atoms with Gasteiger partial charge in [0.15, 0.2) is 5.69 Å². The SMILES string of the molecule is COC(=O)c1ccc(N=Cc2nc(-c3ccc(C)cc3)oc2O)cc1. The lowest BCUT2D eigenvalue weighted by atomic mass is 10.1. The van der Waals surface area contributed by atoms with Crippen LogP contribution in [-0.4, -0.2) is 29.4 Å². The van der Waals surface area contributed by atoms with E-state index in [2.05, 4.69) is 14.7 Å². The van der Waals surface area contributed by atoms with E-state index in [1.54, 1.807) is 24.3 Å². The molecule has 0 atom stereocenters. The molecule has 1 aromatic heterocycles. The third kappa shape index (κ3) is 3.74. The van der Waals surface area contributed by atoms with Crippen LogP contribution in [0.2, 0.25) is 0 Å². The number of carbonyl (C=O) groups is 1. The summed E-state index contributed by atoms with van der Waals surface area (Å²) in [5.74, 6) is -0.391. The molecule has 0 unspecified atom stereocenters. The molecule has 0 aliphatic rings. The number of esters is 1. The molecule has 0 fully saturated rings. The first kappa shape index (κ1) is 16.4. The molecule has 6 heteroatoms. The Bertz CT molecular complexity index is 910. The van der Waals surface area contributed by atoms with Crippen molar-refractivity contribution in [1.82, 2.24) is 4.98 Å². The molecule has 6 nitrogen and oxygen atoms in total. The molecule has 1 N–H and O–H groups in total. The fourth-order valence-electron chi connectivity index (χ4n) is 2.16. The molecule has 3 rings (SSSR count). The summed E-state index contributed by atoms with van der Waals surface area (Å²) in [5, 5.41) is 9.89. The molecule has 0 amide bonds.